The average Bonchev–Trinajstić information content (AvgIpc) is 2.77. The minimum atomic E-state index is -0.0398. The normalized spacial score (nSPS) is 17.1. The van der Waals surface area contributed by atoms with Gasteiger partial charge in [-0.1, -0.05) is 42.5 Å². The number of Topliss-reactive ketones (excluding diaryl/α,β-unsaturated/α-hetero) is 1. The van der Waals surface area contributed by atoms with Gasteiger partial charge in [0.25, 0.3) is 0 Å². The minimum Gasteiger partial charge on any atom is -0.337 e. The zero-order valence-corrected chi connectivity index (χ0v) is 10.6. The zero-order valence-electron chi connectivity index (χ0n) is 10.6. The van der Waals surface area contributed by atoms with Crippen LogP contribution in [0.2, 0.25) is 0 Å². The largest absolute Gasteiger partial charge is 0.337 e. The van der Waals surface area contributed by atoms with E-state index in [9.17, 15) is 4.79 Å². The number of aliphatic imine (C=N–C) groups is 1. The van der Waals surface area contributed by atoms with Gasteiger partial charge >= 0.3 is 0 Å². The average molecular weight is 250 g/mol. The Balaban J connectivity index is 1.89. The number of ketones is 1. The highest BCUT2D eigenvalue weighted by molar-refractivity contribution is 6.53. The van der Waals surface area contributed by atoms with Gasteiger partial charge in [0.1, 0.15) is 0 Å². The molecule has 0 saturated carbocycles. The number of fused-ring (bicyclic) bond motifs is 1. The van der Waals surface area contributed by atoms with E-state index in [0.717, 1.165) is 11.3 Å². The lowest BCUT2D eigenvalue weighted by molar-refractivity contribution is 0.106. The van der Waals surface area contributed by atoms with Crippen molar-refractivity contribution < 1.29 is 4.79 Å². The minimum absolute atomic E-state index is 0.0293. The molecule has 0 aromatic heterocycles. The maximum absolute atomic E-state index is 12.2. The van der Waals surface area contributed by atoms with Gasteiger partial charge in [-0.15, -0.1) is 0 Å². The molecule has 1 heterocycles. The molecule has 0 bridgehead atoms. The summed E-state index contributed by atoms with van der Waals surface area (Å²) in [6, 6.07) is 17.4. The maximum atomic E-state index is 12.2. The summed E-state index contributed by atoms with van der Waals surface area (Å²) in [7, 11) is 0. The monoisotopic (exact) mass is 250 g/mol. The summed E-state index contributed by atoms with van der Waals surface area (Å²) in [5.74, 6) is 0.399. The van der Waals surface area contributed by atoms with Gasteiger partial charge in [-0.05, 0) is 24.6 Å². The van der Waals surface area contributed by atoms with Crippen LogP contribution in [0.4, 0.5) is 5.69 Å². The van der Waals surface area contributed by atoms with Crippen molar-refractivity contribution in [2.45, 2.75) is 13.0 Å². The highest BCUT2D eigenvalue weighted by atomic mass is 16.1. The summed E-state index contributed by atoms with van der Waals surface area (Å²) in [6.45, 7) is 1.99. The number of hydrogen-bond donors (Lipinski definition) is 1. The fraction of sp³-hybridized carbons (Fsp3) is 0.125. The van der Waals surface area contributed by atoms with Crippen LogP contribution in [0, 0.1) is 0 Å². The van der Waals surface area contributed by atoms with E-state index >= 15 is 0 Å². The molecule has 0 amide bonds. The van der Waals surface area contributed by atoms with E-state index in [-0.39, 0.29) is 11.8 Å². The predicted octanol–water partition coefficient (Wildman–Crippen LogP) is 3.45. The van der Waals surface area contributed by atoms with Crippen LogP contribution in [0.5, 0.6) is 0 Å². The second-order valence-corrected chi connectivity index (χ2v) is 4.56. The van der Waals surface area contributed by atoms with Gasteiger partial charge in [0, 0.05) is 5.56 Å². The van der Waals surface area contributed by atoms with Crippen LogP contribution in [0.25, 0.3) is 0 Å². The zero-order chi connectivity index (χ0) is 13.2. The standard InChI is InChI=1S/C16H14N2O/c1-11(12-7-3-2-4-8-12)17-16-15(19)13-9-5-6-10-14(13)18-16/h2-11H,1H3,(H,17,18,19). The van der Waals surface area contributed by atoms with Crippen LogP contribution in [0.3, 0.4) is 0 Å². The van der Waals surface area contributed by atoms with Crippen molar-refractivity contribution in [1.82, 2.24) is 0 Å². The van der Waals surface area contributed by atoms with Gasteiger partial charge in [0.2, 0.25) is 5.78 Å². The van der Waals surface area contributed by atoms with Crippen LogP contribution in [0.15, 0.2) is 59.6 Å². The highest BCUT2D eigenvalue weighted by Crippen LogP contribution is 2.25. The third-order valence-electron chi connectivity index (χ3n) is 3.24. The van der Waals surface area contributed by atoms with E-state index in [4.69, 9.17) is 0 Å². The van der Waals surface area contributed by atoms with Crippen LogP contribution in [-0.4, -0.2) is 11.6 Å². The summed E-state index contributed by atoms with van der Waals surface area (Å²) in [6.07, 6.45) is 0. The van der Waals surface area contributed by atoms with E-state index in [0.29, 0.717) is 11.4 Å². The molecule has 1 unspecified atom stereocenters. The molecule has 3 heteroatoms. The number of nitrogens with zero attached hydrogens (tertiary/aromatic N) is 1. The summed E-state index contributed by atoms with van der Waals surface area (Å²) < 4.78 is 0. The molecule has 1 N–H and O–H groups in total. The molecule has 0 radical (unpaired) electrons. The molecular weight excluding hydrogens is 236 g/mol. The number of benzene rings is 2. The number of hydrogen-bond acceptors (Lipinski definition) is 2. The van der Waals surface area contributed by atoms with Gasteiger partial charge < -0.3 is 5.32 Å². The molecule has 3 rings (SSSR count). The molecule has 1 aliphatic rings. The lowest BCUT2D eigenvalue weighted by atomic mass is 10.1. The second-order valence-electron chi connectivity index (χ2n) is 4.56. The molecule has 0 aliphatic carbocycles. The Morgan fingerprint density at radius 1 is 1.00 bits per heavy atom. The van der Waals surface area contributed by atoms with Crippen LogP contribution < -0.4 is 5.32 Å². The molecule has 0 fully saturated rings. The van der Waals surface area contributed by atoms with Crippen molar-refractivity contribution in [3.05, 3.63) is 65.7 Å². The van der Waals surface area contributed by atoms with Gasteiger partial charge in [-0.25, -0.2) is 0 Å². The Kier molecular flexibility index (Phi) is 2.88. The molecule has 0 saturated heterocycles. The van der Waals surface area contributed by atoms with Crippen LogP contribution in [-0.2, 0) is 0 Å². The maximum Gasteiger partial charge on any atom is 0.229 e. The summed E-state index contributed by atoms with van der Waals surface area (Å²) in [4.78, 5) is 16.7. The molecule has 1 aliphatic heterocycles. The van der Waals surface area contributed by atoms with E-state index in [1.54, 1.807) is 0 Å². The van der Waals surface area contributed by atoms with Crippen molar-refractivity contribution in [3.8, 4) is 0 Å². The number of anilines is 1. The first-order valence-corrected chi connectivity index (χ1v) is 6.29. The van der Waals surface area contributed by atoms with E-state index < -0.39 is 0 Å². The first-order chi connectivity index (χ1) is 9.25. The predicted molar refractivity (Wildman–Crippen MR) is 76.7 cm³/mol. The molecule has 19 heavy (non-hydrogen) atoms. The Morgan fingerprint density at radius 3 is 2.42 bits per heavy atom. The van der Waals surface area contributed by atoms with Gasteiger partial charge in [0.15, 0.2) is 5.84 Å². The van der Waals surface area contributed by atoms with Gasteiger partial charge in [-0.3, -0.25) is 9.79 Å². The van der Waals surface area contributed by atoms with Gasteiger partial charge in [0.05, 0.1) is 11.7 Å². The Hall–Kier alpha value is -2.42. The number of carbonyl (C=O) groups is 1. The highest BCUT2D eigenvalue weighted by Gasteiger charge is 2.25. The Labute approximate surface area is 112 Å². The van der Waals surface area contributed by atoms with E-state index in [2.05, 4.69) is 10.3 Å². The number of rotatable bonds is 2. The molecule has 2 aromatic rings. The molecule has 2 aromatic carbocycles. The fourth-order valence-electron chi connectivity index (χ4n) is 2.19. The SMILES string of the molecule is CC(N=C1Nc2ccccc2C1=O)c1ccccc1. The smallest absolute Gasteiger partial charge is 0.229 e. The van der Waals surface area contributed by atoms with Crippen molar-refractivity contribution >= 4 is 17.3 Å². The number of amidine groups is 1. The second kappa shape index (κ2) is 4.69. The molecule has 94 valence electrons. The van der Waals surface area contributed by atoms with Crippen molar-refractivity contribution in [2.24, 2.45) is 4.99 Å². The third kappa shape index (κ3) is 2.15. The Morgan fingerprint density at radius 2 is 1.68 bits per heavy atom. The lowest BCUT2D eigenvalue weighted by Gasteiger charge is -2.07. The lowest BCUT2D eigenvalue weighted by Crippen LogP contribution is -2.15. The topological polar surface area (TPSA) is 41.5 Å². The molecule has 0 spiro atoms. The molecular formula is C16H14N2O. The van der Waals surface area contributed by atoms with Gasteiger partial charge in [-0.2, -0.15) is 0 Å². The third-order valence-corrected chi connectivity index (χ3v) is 3.24. The summed E-state index contributed by atoms with van der Waals surface area (Å²) >= 11 is 0. The number of carbonyl (C=O) groups excluding carboxylic acids is 1. The first kappa shape index (κ1) is 11.7. The van der Waals surface area contributed by atoms with Crippen molar-refractivity contribution in [2.75, 3.05) is 5.32 Å². The van der Waals surface area contributed by atoms with Crippen molar-refractivity contribution in [1.29, 1.82) is 0 Å². The quantitative estimate of drug-likeness (QED) is 0.886. The molecule has 1 atom stereocenters. The fourth-order valence-corrected chi connectivity index (χ4v) is 2.19. The Bertz CT molecular complexity index is 647. The summed E-state index contributed by atoms with van der Waals surface area (Å²) in [5.41, 5.74) is 2.63. The van der Waals surface area contributed by atoms with Crippen molar-refractivity contribution in [3.63, 3.8) is 0 Å². The number of nitrogens with one attached hydrogen (secondary N) is 1. The van der Waals surface area contributed by atoms with E-state index in [1.165, 1.54) is 0 Å². The summed E-state index contributed by atoms with van der Waals surface area (Å²) in [5, 5.41) is 3.09. The molecule has 3 nitrogen and oxygen atoms in total. The van der Waals surface area contributed by atoms with E-state index in [1.807, 2.05) is 61.5 Å². The first-order valence-electron chi connectivity index (χ1n) is 6.29. The van der Waals surface area contributed by atoms with Crippen LogP contribution in [0.1, 0.15) is 28.9 Å². The van der Waals surface area contributed by atoms with Crippen LogP contribution >= 0.6 is 0 Å². The number of para-hydroxylation sites is 1.